The molecule has 0 unspecified atom stereocenters. The first-order valence-corrected chi connectivity index (χ1v) is 9.13. The number of H-pyrrole nitrogens is 1. The number of nitrogens with one attached hydrogen (secondary N) is 2. The second-order valence-corrected chi connectivity index (χ2v) is 6.87. The second kappa shape index (κ2) is 7.21. The number of aromatic amines is 1. The maximum Gasteiger partial charge on any atom is 0.356 e. The van der Waals surface area contributed by atoms with Crippen molar-refractivity contribution < 1.29 is 33.7 Å². The molecule has 0 bridgehead atoms. The molecule has 2 heterocycles. The van der Waals surface area contributed by atoms with Crippen LogP contribution in [0.25, 0.3) is 21.8 Å². The van der Waals surface area contributed by atoms with Gasteiger partial charge in [0.15, 0.2) is 0 Å². The fourth-order valence-corrected chi connectivity index (χ4v) is 3.33. The third-order valence-electron chi connectivity index (χ3n) is 4.95. The highest BCUT2D eigenvalue weighted by Crippen LogP contribution is 2.44. The molecule has 10 heteroatoms. The summed E-state index contributed by atoms with van der Waals surface area (Å²) >= 11 is 0. The molecule has 156 valence electrons. The molecular formula is C20H19N3O7. The van der Waals surface area contributed by atoms with E-state index in [0.717, 1.165) is 12.8 Å². The quantitative estimate of drug-likeness (QED) is 0.327. The molecule has 0 spiro atoms. The monoisotopic (exact) mass is 413 g/mol. The Bertz CT molecular complexity index is 1210. The van der Waals surface area contributed by atoms with Crippen molar-refractivity contribution in [1.29, 1.82) is 0 Å². The van der Waals surface area contributed by atoms with Crippen LogP contribution in [0.5, 0.6) is 5.75 Å². The van der Waals surface area contributed by atoms with Gasteiger partial charge in [-0.2, -0.15) is 0 Å². The lowest BCUT2D eigenvalue weighted by atomic mass is 10.0. The van der Waals surface area contributed by atoms with Gasteiger partial charge in [-0.3, -0.25) is 0 Å². The summed E-state index contributed by atoms with van der Waals surface area (Å²) in [6.45, 7) is 0. The molecule has 0 saturated heterocycles. The van der Waals surface area contributed by atoms with Crippen molar-refractivity contribution in [3.05, 3.63) is 29.1 Å². The number of fused-ring (bicyclic) bond motifs is 3. The largest absolute Gasteiger partial charge is 0.505 e. The molecule has 0 amide bonds. The molecule has 30 heavy (non-hydrogen) atoms. The number of hydrogen-bond acceptors (Lipinski definition) is 9. The fraction of sp³-hybridized carbons (Fsp3) is 0.300. The van der Waals surface area contributed by atoms with Crippen molar-refractivity contribution in [3.63, 3.8) is 0 Å². The van der Waals surface area contributed by atoms with Gasteiger partial charge in [-0.25, -0.2) is 19.4 Å². The van der Waals surface area contributed by atoms with Crippen molar-refractivity contribution in [2.75, 3.05) is 26.6 Å². The predicted octanol–water partition coefficient (Wildman–Crippen LogP) is 2.36. The number of aromatic nitrogens is 2. The Morgan fingerprint density at radius 2 is 1.73 bits per heavy atom. The highest BCUT2D eigenvalue weighted by Gasteiger charge is 2.29. The number of pyridine rings is 1. The average Bonchev–Trinajstić information content (AvgIpc) is 3.48. The molecule has 1 aliphatic carbocycles. The number of rotatable bonds is 5. The van der Waals surface area contributed by atoms with E-state index in [1.807, 2.05) is 0 Å². The van der Waals surface area contributed by atoms with E-state index in [-0.39, 0.29) is 45.2 Å². The Hall–Kier alpha value is -3.82. The number of methoxy groups -OCH3 is 3. The van der Waals surface area contributed by atoms with Gasteiger partial charge in [0.2, 0.25) is 0 Å². The van der Waals surface area contributed by atoms with E-state index in [9.17, 15) is 19.5 Å². The minimum atomic E-state index is -0.717. The lowest BCUT2D eigenvalue weighted by molar-refractivity contribution is 0.0583. The molecule has 0 aliphatic heterocycles. The molecule has 0 atom stereocenters. The van der Waals surface area contributed by atoms with Crippen LogP contribution in [0.15, 0.2) is 12.1 Å². The SMILES string of the molecule is COC(=O)c1cc2c(O)c(NC3CC3)c3[nH]c(C(=O)OC)cc(C(=O)OC)c3c2n1. The fourth-order valence-electron chi connectivity index (χ4n) is 3.33. The van der Waals surface area contributed by atoms with Gasteiger partial charge in [0.25, 0.3) is 0 Å². The summed E-state index contributed by atoms with van der Waals surface area (Å²) in [7, 11) is 3.64. The van der Waals surface area contributed by atoms with Gasteiger partial charge in [0.05, 0.1) is 37.9 Å². The molecule has 2 aromatic heterocycles. The van der Waals surface area contributed by atoms with Crippen molar-refractivity contribution in [2.24, 2.45) is 0 Å². The lowest BCUT2D eigenvalue weighted by Crippen LogP contribution is -2.12. The Labute approximate surface area is 170 Å². The van der Waals surface area contributed by atoms with Gasteiger partial charge in [-0.15, -0.1) is 0 Å². The lowest BCUT2D eigenvalue weighted by Gasteiger charge is -2.16. The number of ether oxygens (including phenoxy) is 3. The first kappa shape index (κ1) is 19.5. The summed E-state index contributed by atoms with van der Waals surface area (Å²) < 4.78 is 14.4. The number of phenols is 1. The maximum atomic E-state index is 12.6. The van der Waals surface area contributed by atoms with Crippen molar-refractivity contribution in [2.45, 2.75) is 18.9 Å². The molecule has 10 nitrogen and oxygen atoms in total. The zero-order valence-electron chi connectivity index (χ0n) is 16.5. The molecule has 1 aromatic carbocycles. The number of benzene rings is 1. The standard InChI is InChI=1S/C20H19N3O7/c1-28-18(25)9-6-11(19(26)29-2)23-15-13(9)14-10(7-12(22-14)20(27)30-3)17(24)16(15)21-8-4-5-8/h6-8,21,23-24H,4-5H2,1-3H3. The van der Waals surface area contributed by atoms with Gasteiger partial charge in [-0.1, -0.05) is 0 Å². The van der Waals surface area contributed by atoms with Crippen LogP contribution < -0.4 is 5.32 Å². The first-order chi connectivity index (χ1) is 14.4. The van der Waals surface area contributed by atoms with Crippen LogP contribution in [0.4, 0.5) is 5.69 Å². The van der Waals surface area contributed by atoms with Crippen molar-refractivity contribution in [1.82, 2.24) is 9.97 Å². The predicted molar refractivity (Wildman–Crippen MR) is 106 cm³/mol. The Morgan fingerprint density at radius 3 is 2.33 bits per heavy atom. The van der Waals surface area contributed by atoms with Gasteiger partial charge < -0.3 is 29.6 Å². The van der Waals surface area contributed by atoms with Crippen LogP contribution in [-0.2, 0) is 14.2 Å². The summed E-state index contributed by atoms with van der Waals surface area (Å²) in [4.78, 5) is 44.0. The van der Waals surface area contributed by atoms with Crippen LogP contribution in [0.1, 0.15) is 44.2 Å². The van der Waals surface area contributed by atoms with Crippen LogP contribution in [0.3, 0.4) is 0 Å². The van der Waals surface area contributed by atoms with E-state index >= 15 is 0 Å². The third kappa shape index (κ3) is 3.06. The van der Waals surface area contributed by atoms with E-state index in [1.165, 1.54) is 33.5 Å². The molecule has 1 fully saturated rings. The number of anilines is 1. The highest BCUT2D eigenvalue weighted by atomic mass is 16.5. The first-order valence-electron chi connectivity index (χ1n) is 9.13. The number of nitrogens with zero attached hydrogens (tertiary/aromatic N) is 1. The molecule has 3 N–H and O–H groups in total. The number of carbonyl (C=O) groups is 3. The molecule has 3 aromatic rings. The highest BCUT2D eigenvalue weighted by molar-refractivity contribution is 6.22. The second-order valence-electron chi connectivity index (χ2n) is 6.87. The smallest absolute Gasteiger partial charge is 0.356 e. The summed E-state index contributed by atoms with van der Waals surface area (Å²) in [5.41, 5.74) is 0.745. The number of esters is 3. The van der Waals surface area contributed by atoms with Gasteiger partial charge in [0.1, 0.15) is 22.8 Å². The van der Waals surface area contributed by atoms with Gasteiger partial charge in [-0.05, 0) is 25.0 Å². The Kier molecular flexibility index (Phi) is 4.69. The van der Waals surface area contributed by atoms with Crippen LogP contribution in [0, 0.1) is 0 Å². The van der Waals surface area contributed by atoms with E-state index in [0.29, 0.717) is 11.1 Å². The summed E-state index contributed by atoms with van der Waals surface area (Å²) in [5.74, 6) is -2.28. The summed E-state index contributed by atoms with van der Waals surface area (Å²) in [5, 5.41) is 14.7. The summed E-state index contributed by atoms with van der Waals surface area (Å²) in [6, 6.07) is 2.82. The number of phenolic OH excluding ortho intramolecular Hbond substituents is 1. The summed E-state index contributed by atoms with van der Waals surface area (Å²) in [6.07, 6.45) is 1.82. The van der Waals surface area contributed by atoms with E-state index < -0.39 is 17.9 Å². The number of carbonyl (C=O) groups excluding carboxylic acids is 3. The van der Waals surface area contributed by atoms with Gasteiger partial charge >= 0.3 is 17.9 Å². The van der Waals surface area contributed by atoms with Crippen LogP contribution in [-0.4, -0.2) is 60.4 Å². The average molecular weight is 413 g/mol. The molecule has 4 rings (SSSR count). The van der Waals surface area contributed by atoms with E-state index in [2.05, 4.69) is 15.3 Å². The molecular weight excluding hydrogens is 394 g/mol. The number of aromatic hydroxyl groups is 1. The minimum Gasteiger partial charge on any atom is -0.505 e. The molecule has 1 aliphatic rings. The van der Waals surface area contributed by atoms with Crippen LogP contribution >= 0.6 is 0 Å². The van der Waals surface area contributed by atoms with Crippen LogP contribution in [0.2, 0.25) is 0 Å². The minimum absolute atomic E-state index is 0.0113. The van der Waals surface area contributed by atoms with Gasteiger partial charge in [0, 0.05) is 16.8 Å². The van der Waals surface area contributed by atoms with E-state index in [1.54, 1.807) is 0 Å². The normalized spacial score (nSPS) is 13.3. The zero-order valence-corrected chi connectivity index (χ0v) is 16.5. The Morgan fingerprint density at radius 1 is 1.07 bits per heavy atom. The third-order valence-corrected chi connectivity index (χ3v) is 4.95. The molecule has 0 radical (unpaired) electrons. The van der Waals surface area contributed by atoms with Crippen molar-refractivity contribution >= 4 is 45.4 Å². The topological polar surface area (TPSA) is 140 Å². The zero-order chi connectivity index (χ0) is 21.6. The van der Waals surface area contributed by atoms with Crippen molar-refractivity contribution in [3.8, 4) is 5.75 Å². The maximum absolute atomic E-state index is 12.6. The molecule has 1 saturated carbocycles. The van der Waals surface area contributed by atoms with E-state index in [4.69, 9.17) is 14.2 Å². The Balaban J connectivity index is 2.15. The number of hydrogen-bond donors (Lipinski definition) is 3.